The van der Waals surface area contributed by atoms with Crippen LogP contribution in [0.25, 0.3) is 10.8 Å². The average Bonchev–Trinajstić information content (AvgIpc) is 3.11. The van der Waals surface area contributed by atoms with Crippen LogP contribution in [0.2, 0.25) is 0 Å². The lowest BCUT2D eigenvalue weighted by atomic mass is 10.0. The van der Waals surface area contributed by atoms with Crippen molar-refractivity contribution in [3.05, 3.63) is 150 Å². The molecule has 5 aromatic rings. The number of carboxylic acid groups (broad SMARTS) is 1. The lowest BCUT2D eigenvalue weighted by Gasteiger charge is -2.25. The Bertz CT molecular complexity index is 2050. The Morgan fingerprint density at radius 3 is 1.58 bits per heavy atom. The van der Waals surface area contributed by atoms with Crippen LogP contribution in [0.5, 0.6) is 5.75 Å². The maximum Gasteiger partial charge on any atom is 0.524 e. The number of phosphoric ester groups is 1. The monoisotopic (exact) mass is 723 g/mol. The molecule has 3 atom stereocenters. The zero-order valence-corrected chi connectivity index (χ0v) is 28.8. The van der Waals surface area contributed by atoms with Gasteiger partial charge in [0.15, 0.2) is 0 Å². The van der Waals surface area contributed by atoms with Crippen LogP contribution < -0.4 is 20.5 Å². The molecule has 5 aromatic carbocycles. The van der Waals surface area contributed by atoms with Crippen molar-refractivity contribution in [2.75, 3.05) is 0 Å². The van der Waals surface area contributed by atoms with Gasteiger partial charge in [-0.15, -0.1) is 0 Å². The normalized spacial score (nSPS) is 13.0. The first-order valence-corrected chi connectivity index (χ1v) is 18.0. The highest BCUT2D eigenvalue weighted by Gasteiger charge is 2.30. The SMILES string of the molecule is O=C(Cc1ccc2ccccc2c1)NC(Cc1ccccc1)C(=O)NC(Cc1ccccc1)C(=O)N[C@@H](Cc1ccc(OP(=O)(O)O)cc1)C(=O)O. The van der Waals surface area contributed by atoms with Crippen molar-refractivity contribution in [1.29, 1.82) is 0 Å². The summed E-state index contributed by atoms with van der Waals surface area (Å²) in [4.78, 5) is 71.4. The number of carbonyl (C=O) groups is 4. The summed E-state index contributed by atoms with van der Waals surface area (Å²) in [5, 5.41) is 20.1. The average molecular weight is 724 g/mol. The highest BCUT2D eigenvalue weighted by Crippen LogP contribution is 2.37. The third-order valence-electron chi connectivity index (χ3n) is 8.23. The molecule has 0 radical (unpaired) electrons. The number of hydrogen-bond donors (Lipinski definition) is 6. The third kappa shape index (κ3) is 11.4. The molecule has 52 heavy (non-hydrogen) atoms. The molecule has 0 spiro atoms. The topological polar surface area (TPSA) is 191 Å². The van der Waals surface area contributed by atoms with Gasteiger partial charge in [0.2, 0.25) is 17.7 Å². The largest absolute Gasteiger partial charge is 0.524 e. The molecule has 0 saturated heterocycles. The van der Waals surface area contributed by atoms with Gasteiger partial charge in [0, 0.05) is 19.3 Å². The highest BCUT2D eigenvalue weighted by molar-refractivity contribution is 7.46. The first kappa shape index (κ1) is 37.4. The number of nitrogens with one attached hydrogen (secondary N) is 3. The lowest BCUT2D eigenvalue weighted by Crippen LogP contribution is -2.57. The van der Waals surface area contributed by atoms with Crippen LogP contribution in [0, 0.1) is 0 Å². The number of carboxylic acids is 1. The van der Waals surface area contributed by atoms with E-state index in [-0.39, 0.29) is 31.4 Å². The van der Waals surface area contributed by atoms with E-state index in [4.69, 9.17) is 9.79 Å². The number of amides is 3. The van der Waals surface area contributed by atoms with Gasteiger partial charge >= 0.3 is 13.8 Å². The van der Waals surface area contributed by atoms with Crippen LogP contribution in [0.4, 0.5) is 0 Å². The second-order valence-corrected chi connectivity index (χ2v) is 13.4. The second kappa shape index (κ2) is 17.4. The lowest BCUT2D eigenvalue weighted by molar-refractivity contribution is -0.142. The zero-order chi connectivity index (χ0) is 37.1. The molecule has 0 aliphatic rings. The van der Waals surface area contributed by atoms with E-state index in [1.54, 1.807) is 30.3 Å². The van der Waals surface area contributed by atoms with Crippen LogP contribution in [0.1, 0.15) is 22.3 Å². The molecule has 12 nitrogen and oxygen atoms in total. The molecule has 0 saturated carbocycles. The third-order valence-corrected chi connectivity index (χ3v) is 8.68. The summed E-state index contributed by atoms with van der Waals surface area (Å²) in [6.07, 6.45) is 0.00626. The predicted molar refractivity (Wildman–Crippen MR) is 194 cm³/mol. The Labute approximate surface area is 300 Å². The van der Waals surface area contributed by atoms with Gasteiger partial charge in [-0.1, -0.05) is 115 Å². The van der Waals surface area contributed by atoms with Crippen molar-refractivity contribution in [3.63, 3.8) is 0 Å². The Kier molecular flexibility index (Phi) is 12.5. The Hall–Kier alpha value is -5.81. The van der Waals surface area contributed by atoms with Gasteiger partial charge in [0.25, 0.3) is 0 Å². The van der Waals surface area contributed by atoms with Gasteiger partial charge in [0.1, 0.15) is 23.9 Å². The van der Waals surface area contributed by atoms with Crippen LogP contribution in [-0.2, 0) is 49.4 Å². The van der Waals surface area contributed by atoms with Crippen LogP contribution in [0.3, 0.4) is 0 Å². The molecule has 0 fully saturated rings. The predicted octanol–water partition coefficient (Wildman–Crippen LogP) is 4.12. The van der Waals surface area contributed by atoms with E-state index < -0.39 is 49.6 Å². The summed E-state index contributed by atoms with van der Waals surface area (Å²) in [7, 11) is -4.79. The molecule has 0 aromatic heterocycles. The quantitative estimate of drug-likeness (QED) is 0.0814. The van der Waals surface area contributed by atoms with Crippen LogP contribution in [0.15, 0.2) is 127 Å². The minimum absolute atomic E-state index is 0.0179. The van der Waals surface area contributed by atoms with E-state index >= 15 is 0 Å². The van der Waals surface area contributed by atoms with E-state index in [2.05, 4.69) is 20.5 Å². The first-order chi connectivity index (χ1) is 24.9. The van der Waals surface area contributed by atoms with E-state index in [1.807, 2.05) is 72.8 Å². The van der Waals surface area contributed by atoms with E-state index in [0.717, 1.165) is 21.9 Å². The molecule has 3 amide bonds. The number of fused-ring (bicyclic) bond motifs is 1. The zero-order valence-electron chi connectivity index (χ0n) is 27.9. The van der Waals surface area contributed by atoms with Crippen molar-refractivity contribution >= 4 is 42.3 Å². The van der Waals surface area contributed by atoms with Gasteiger partial charge < -0.3 is 25.6 Å². The highest BCUT2D eigenvalue weighted by atomic mass is 31.2. The molecule has 2 unspecified atom stereocenters. The smallest absolute Gasteiger partial charge is 0.480 e. The summed E-state index contributed by atoms with van der Waals surface area (Å²) in [5.41, 5.74) is 2.68. The molecule has 0 aliphatic heterocycles. The van der Waals surface area contributed by atoms with Gasteiger partial charge in [-0.3, -0.25) is 24.2 Å². The number of phosphoric acid groups is 1. The maximum absolute atomic E-state index is 14.0. The second-order valence-electron chi connectivity index (χ2n) is 12.2. The molecule has 268 valence electrons. The van der Waals surface area contributed by atoms with Crippen LogP contribution in [-0.4, -0.2) is 56.7 Å². The van der Waals surface area contributed by atoms with Crippen molar-refractivity contribution in [1.82, 2.24) is 16.0 Å². The number of aliphatic carboxylic acids is 1. The number of hydrogen-bond acceptors (Lipinski definition) is 6. The summed E-state index contributed by atoms with van der Waals surface area (Å²) in [6.45, 7) is 0. The fourth-order valence-corrected chi connectivity index (χ4v) is 6.10. The minimum Gasteiger partial charge on any atom is -0.480 e. The van der Waals surface area contributed by atoms with Crippen molar-refractivity contribution in [2.45, 2.75) is 43.8 Å². The molecule has 0 heterocycles. The summed E-state index contributed by atoms with van der Waals surface area (Å²) < 4.78 is 15.7. The van der Waals surface area contributed by atoms with Crippen molar-refractivity contribution in [2.24, 2.45) is 0 Å². The molecule has 6 N–H and O–H groups in total. The van der Waals surface area contributed by atoms with Gasteiger partial charge in [-0.2, -0.15) is 0 Å². The van der Waals surface area contributed by atoms with Crippen molar-refractivity contribution < 1.29 is 43.2 Å². The summed E-state index contributed by atoms with van der Waals surface area (Å²) in [6, 6.07) is 33.2. The van der Waals surface area contributed by atoms with Crippen LogP contribution >= 0.6 is 7.82 Å². The molecule has 13 heteroatoms. The molecular formula is C39H38N3O9P. The van der Waals surface area contributed by atoms with E-state index in [1.165, 1.54) is 24.3 Å². The van der Waals surface area contributed by atoms with Gasteiger partial charge in [0.05, 0.1) is 6.42 Å². The summed E-state index contributed by atoms with van der Waals surface area (Å²) >= 11 is 0. The van der Waals surface area contributed by atoms with E-state index in [0.29, 0.717) is 11.1 Å². The van der Waals surface area contributed by atoms with Crippen molar-refractivity contribution in [3.8, 4) is 5.75 Å². The fourth-order valence-electron chi connectivity index (χ4n) is 5.70. The Morgan fingerprint density at radius 2 is 1.02 bits per heavy atom. The molecule has 5 rings (SSSR count). The first-order valence-electron chi connectivity index (χ1n) is 16.4. The fraction of sp³-hybridized carbons (Fsp3) is 0.179. The Morgan fingerprint density at radius 1 is 0.558 bits per heavy atom. The number of carbonyl (C=O) groups excluding carboxylic acids is 3. The minimum atomic E-state index is -4.79. The Balaban J connectivity index is 1.33. The molecule has 0 bridgehead atoms. The number of rotatable bonds is 16. The molecular weight excluding hydrogens is 685 g/mol. The van der Waals surface area contributed by atoms with Gasteiger partial charge in [-0.05, 0) is 45.2 Å². The van der Waals surface area contributed by atoms with E-state index in [9.17, 15) is 28.8 Å². The number of benzene rings is 5. The summed E-state index contributed by atoms with van der Waals surface area (Å²) in [5.74, 6) is -3.23. The standard InChI is InChI=1S/C39H38N3O9P/c43-36(25-29-15-18-30-13-7-8-14-31(30)21-29)40-33(22-26-9-3-1-4-10-26)37(44)41-34(23-27-11-5-2-6-12-27)38(45)42-35(39(46)47)24-28-16-19-32(20-17-28)51-52(48,49)50/h1-21,33-35H,22-25H2,(H,40,43)(H,41,44)(H,42,45)(H,46,47)(H2,48,49,50)/t33?,34?,35-/m0/s1. The molecule has 0 aliphatic carbocycles. The maximum atomic E-state index is 14.0. The van der Waals surface area contributed by atoms with Gasteiger partial charge in [-0.25, -0.2) is 9.36 Å².